The first kappa shape index (κ1) is 11.6. The highest BCUT2D eigenvalue weighted by Gasteiger charge is 2.13. The topological polar surface area (TPSA) is 59.8 Å². The molecule has 0 aromatic carbocycles. The average Bonchev–Trinajstić information content (AvgIpc) is 2.70. The number of pyridine rings is 1. The van der Waals surface area contributed by atoms with Crippen LogP contribution in [0, 0.1) is 6.92 Å². The Kier molecular flexibility index (Phi) is 3.10. The number of rotatable bonds is 2. The van der Waals surface area contributed by atoms with Crippen molar-refractivity contribution in [2.24, 2.45) is 7.05 Å². The van der Waals surface area contributed by atoms with Crippen LogP contribution in [-0.4, -0.2) is 20.4 Å². The lowest BCUT2D eigenvalue weighted by Gasteiger charge is -2.09. The molecule has 0 fully saturated rings. The molecule has 0 bridgehead atoms. The largest absolute Gasteiger partial charge is 0.330 e. The van der Waals surface area contributed by atoms with Crippen molar-refractivity contribution in [1.29, 1.82) is 0 Å². The highest BCUT2D eigenvalue weighted by Crippen LogP contribution is 2.23. The lowest BCUT2D eigenvalue weighted by molar-refractivity contribution is 0.101. The van der Waals surface area contributed by atoms with E-state index in [4.69, 9.17) is 11.6 Å². The molecule has 1 amide bonds. The highest BCUT2D eigenvalue weighted by atomic mass is 35.5. The van der Waals surface area contributed by atoms with Crippen LogP contribution in [0.25, 0.3) is 0 Å². The maximum absolute atomic E-state index is 11.9. The number of hydrogen-bond acceptors (Lipinski definition) is 3. The van der Waals surface area contributed by atoms with E-state index in [-0.39, 0.29) is 11.1 Å². The van der Waals surface area contributed by atoms with E-state index in [0.717, 1.165) is 5.56 Å². The zero-order valence-electron chi connectivity index (χ0n) is 9.44. The number of amides is 1. The zero-order valence-corrected chi connectivity index (χ0v) is 10.2. The van der Waals surface area contributed by atoms with Crippen LogP contribution in [0.5, 0.6) is 0 Å². The number of aromatic nitrogens is 3. The lowest BCUT2D eigenvalue weighted by atomic mass is 10.2. The Morgan fingerprint density at radius 2 is 2.29 bits per heavy atom. The molecule has 0 aliphatic rings. The summed E-state index contributed by atoms with van der Waals surface area (Å²) in [6.45, 7) is 1.85. The number of nitrogens with one attached hydrogen (secondary N) is 1. The molecule has 0 aliphatic carbocycles. The number of imidazole rings is 1. The van der Waals surface area contributed by atoms with Crippen molar-refractivity contribution in [2.45, 2.75) is 6.92 Å². The average molecular weight is 251 g/mol. The van der Waals surface area contributed by atoms with Gasteiger partial charge in [0.25, 0.3) is 5.91 Å². The first-order chi connectivity index (χ1) is 8.09. The van der Waals surface area contributed by atoms with Crippen LogP contribution >= 0.6 is 11.6 Å². The van der Waals surface area contributed by atoms with Gasteiger partial charge >= 0.3 is 0 Å². The Labute approximate surface area is 103 Å². The van der Waals surface area contributed by atoms with Crippen LogP contribution < -0.4 is 5.32 Å². The van der Waals surface area contributed by atoms with E-state index in [1.165, 1.54) is 6.20 Å². The third kappa shape index (κ3) is 2.29. The van der Waals surface area contributed by atoms with Crippen LogP contribution in [0.3, 0.4) is 0 Å². The van der Waals surface area contributed by atoms with Gasteiger partial charge in [0.2, 0.25) is 0 Å². The van der Waals surface area contributed by atoms with Gasteiger partial charge in [-0.15, -0.1) is 0 Å². The van der Waals surface area contributed by atoms with E-state index in [9.17, 15) is 4.79 Å². The number of anilines is 1. The van der Waals surface area contributed by atoms with E-state index in [1.54, 1.807) is 30.2 Å². The van der Waals surface area contributed by atoms with Crippen LogP contribution in [0.1, 0.15) is 16.1 Å². The second-order valence-electron chi connectivity index (χ2n) is 3.64. The standard InChI is InChI=1S/C11H11ClN4O/c1-7-3-4-14-10(12)9(7)15-11(17)8-5-13-6-16(8)2/h3-6H,1-2H3,(H,15,17). The Morgan fingerprint density at radius 3 is 2.88 bits per heavy atom. The molecular weight excluding hydrogens is 240 g/mol. The van der Waals surface area contributed by atoms with Gasteiger partial charge in [-0.05, 0) is 18.6 Å². The fraction of sp³-hybridized carbons (Fsp3) is 0.182. The fourth-order valence-electron chi connectivity index (χ4n) is 1.43. The summed E-state index contributed by atoms with van der Waals surface area (Å²) in [6.07, 6.45) is 4.65. The van der Waals surface area contributed by atoms with Crippen molar-refractivity contribution in [3.63, 3.8) is 0 Å². The molecule has 6 heteroatoms. The third-order valence-corrected chi connectivity index (χ3v) is 2.69. The van der Waals surface area contributed by atoms with Gasteiger partial charge in [0.05, 0.1) is 18.2 Å². The lowest BCUT2D eigenvalue weighted by Crippen LogP contribution is -2.16. The molecule has 0 saturated carbocycles. The van der Waals surface area contributed by atoms with Crippen molar-refractivity contribution >= 4 is 23.2 Å². The van der Waals surface area contributed by atoms with Crippen molar-refractivity contribution in [3.05, 3.63) is 41.2 Å². The summed E-state index contributed by atoms with van der Waals surface area (Å²) in [5.74, 6) is -0.261. The van der Waals surface area contributed by atoms with Crippen molar-refractivity contribution in [2.75, 3.05) is 5.32 Å². The minimum Gasteiger partial charge on any atom is -0.330 e. The Hall–Kier alpha value is -1.88. The second-order valence-corrected chi connectivity index (χ2v) is 4.00. The fourth-order valence-corrected chi connectivity index (χ4v) is 1.68. The number of carbonyl (C=O) groups is 1. The van der Waals surface area contributed by atoms with Gasteiger partial charge in [-0.25, -0.2) is 9.97 Å². The number of carbonyl (C=O) groups excluding carboxylic acids is 1. The maximum Gasteiger partial charge on any atom is 0.274 e. The summed E-state index contributed by atoms with van der Waals surface area (Å²) in [5, 5.41) is 3.01. The molecule has 0 atom stereocenters. The van der Waals surface area contributed by atoms with Crippen LogP contribution in [-0.2, 0) is 7.05 Å². The Morgan fingerprint density at radius 1 is 1.53 bits per heavy atom. The first-order valence-electron chi connectivity index (χ1n) is 4.98. The predicted molar refractivity (Wildman–Crippen MR) is 65.1 cm³/mol. The van der Waals surface area contributed by atoms with Crippen molar-refractivity contribution in [3.8, 4) is 0 Å². The Bertz CT molecular complexity index is 544. The number of aryl methyl sites for hydroxylation is 2. The quantitative estimate of drug-likeness (QED) is 0.830. The maximum atomic E-state index is 11.9. The predicted octanol–water partition coefficient (Wildman–Crippen LogP) is 2.03. The molecule has 2 rings (SSSR count). The highest BCUT2D eigenvalue weighted by molar-refractivity contribution is 6.32. The molecule has 17 heavy (non-hydrogen) atoms. The van der Waals surface area contributed by atoms with E-state index in [2.05, 4.69) is 15.3 Å². The van der Waals surface area contributed by atoms with Gasteiger partial charge in [0, 0.05) is 13.2 Å². The van der Waals surface area contributed by atoms with Crippen LogP contribution in [0.15, 0.2) is 24.8 Å². The normalized spacial score (nSPS) is 10.3. The summed E-state index contributed by atoms with van der Waals surface area (Å²) >= 11 is 5.93. The minimum atomic E-state index is -0.261. The van der Waals surface area contributed by atoms with Crippen molar-refractivity contribution < 1.29 is 4.79 Å². The monoisotopic (exact) mass is 250 g/mol. The minimum absolute atomic E-state index is 0.261. The van der Waals surface area contributed by atoms with Gasteiger partial charge in [-0.1, -0.05) is 11.6 Å². The summed E-state index contributed by atoms with van der Waals surface area (Å²) in [5.41, 5.74) is 1.85. The molecule has 1 N–H and O–H groups in total. The number of hydrogen-bond donors (Lipinski definition) is 1. The van der Waals surface area contributed by atoms with E-state index < -0.39 is 0 Å². The molecule has 88 valence electrons. The molecule has 5 nitrogen and oxygen atoms in total. The Balaban J connectivity index is 2.28. The molecule has 0 spiro atoms. The van der Waals surface area contributed by atoms with Gasteiger partial charge in [0.1, 0.15) is 5.69 Å². The zero-order chi connectivity index (χ0) is 12.4. The smallest absolute Gasteiger partial charge is 0.274 e. The molecule has 2 aromatic heterocycles. The molecule has 0 unspecified atom stereocenters. The molecule has 2 aromatic rings. The molecule has 0 saturated heterocycles. The third-order valence-electron chi connectivity index (χ3n) is 2.40. The SMILES string of the molecule is Cc1ccnc(Cl)c1NC(=O)c1cncn1C. The van der Waals surface area contributed by atoms with Crippen molar-refractivity contribution in [1.82, 2.24) is 14.5 Å². The summed E-state index contributed by atoms with van der Waals surface area (Å²) in [4.78, 5) is 19.7. The van der Waals surface area contributed by atoms with Gasteiger partial charge in [0.15, 0.2) is 5.15 Å². The molecule has 0 radical (unpaired) electrons. The van der Waals surface area contributed by atoms with Crippen LogP contribution in [0.4, 0.5) is 5.69 Å². The summed E-state index contributed by atoms with van der Waals surface area (Å²) < 4.78 is 1.63. The van der Waals surface area contributed by atoms with E-state index in [0.29, 0.717) is 11.4 Å². The van der Waals surface area contributed by atoms with E-state index >= 15 is 0 Å². The summed E-state index contributed by atoms with van der Waals surface area (Å²) in [6, 6.07) is 1.78. The summed E-state index contributed by atoms with van der Waals surface area (Å²) in [7, 11) is 1.75. The van der Waals surface area contributed by atoms with Crippen LogP contribution in [0.2, 0.25) is 5.15 Å². The second kappa shape index (κ2) is 4.55. The molecule has 0 aliphatic heterocycles. The van der Waals surface area contributed by atoms with E-state index in [1.807, 2.05) is 6.92 Å². The molecular formula is C11H11ClN4O. The first-order valence-corrected chi connectivity index (χ1v) is 5.36. The van der Waals surface area contributed by atoms with Gasteiger partial charge < -0.3 is 9.88 Å². The number of halogens is 1. The molecule has 2 heterocycles. The number of nitrogens with zero attached hydrogens (tertiary/aromatic N) is 3. The van der Waals surface area contributed by atoms with Gasteiger partial charge in [-0.2, -0.15) is 0 Å². The van der Waals surface area contributed by atoms with Gasteiger partial charge in [-0.3, -0.25) is 4.79 Å².